The van der Waals surface area contributed by atoms with Gasteiger partial charge in [-0.1, -0.05) is 0 Å². The third-order valence-electron chi connectivity index (χ3n) is 1.79. The summed E-state index contributed by atoms with van der Waals surface area (Å²) in [6.07, 6.45) is 2.47. The average Bonchev–Trinajstić information content (AvgIpc) is 2.17. The van der Waals surface area contributed by atoms with Gasteiger partial charge in [-0.05, 0) is 6.07 Å². The number of rotatable bonds is 1. The number of nitrogens with zero attached hydrogens (tertiary/aromatic N) is 1. The van der Waals surface area contributed by atoms with Crippen molar-refractivity contribution >= 4 is 17.1 Å². The average molecular weight is 191 g/mol. The Morgan fingerprint density at radius 2 is 2.21 bits per heavy atom. The van der Waals surface area contributed by atoms with E-state index in [4.69, 9.17) is 9.52 Å². The highest BCUT2D eigenvalue weighted by atomic mass is 16.4. The molecular weight excluding hydrogens is 186 g/mol. The zero-order chi connectivity index (χ0) is 10.1. The standard InChI is InChI=1S/C9H5NO4/c11-6-2-4-14-8-7(6)5(9(12)13)1-3-10-8/h1-4H,(H,12,13). The number of hydrogen-bond acceptors (Lipinski definition) is 4. The van der Waals surface area contributed by atoms with Crippen LogP contribution in [0.5, 0.6) is 0 Å². The van der Waals surface area contributed by atoms with Gasteiger partial charge < -0.3 is 9.52 Å². The molecule has 0 saturated heterocycles. The SMILES string of the molecule is O=C(O)c1ccnc2occc(=O)c12. The van der Waals surface area contributed by atoms with Crippen LogP contribution in [0.4, 0.5) is 0 Å². The van der Waals surface area contributed by atoms with Gasteiger partial charge in [-0.3, -0.25) is 4.79 Å². The molecule has 0 unspecified atom stereocenters. The van der Waals surface area contributed by atoms with Crippen LogP contribution in [-0.2, 0) is 0 Å². The van der Waals surface area contributed by atoms with E-state index in [-0.39, 0.29) is 16.7 Å². The van der Waals surface area contributed by atoms with Crippen LogP contribution in [0.1, 0.15) is 10.4 Å². The Labute approximate surface area is 77.6 Å². The van der Waals surface area contributed by atoms with Crippen molar-refractivity contribution in [2.45, 2.75) is 0 Å². The molecule has 0 spiro atoms. The smallest absolute Gasteiger partial charge is 0.336 e. The minimum absolute atomic E-state index is 0.00231. The second-order valence-corrected chi connectivity index (χ2v) is 2.63. The lowest BCUT2D eigenvalue weighted by molar-refractivity contribution is 0.0698. The molecule has 2 aromatic rings. The monoisotopic (exact) mass is 191 g/mol. The normalized spacial score (nSPS) is 10.3. The Kier molecular flexibility index (Phi) is 1.78. The molecule has 0 aliphatic carbocycles. The summed E-state index contributed by atoms with van der Waals surface area (Å²) < 4.78 is 4.91. The number of pyridine rings is 1. The Bertz CT molecular complexity index is 553. The predicted molar refractivity (Wildman–Crippen MR) is 47.2 cm³/mol. The lowest BCUT2D eigenvalue weighted by atomic mass is 10.2. The van der Waals surface area contributed by atoms with Gasteiger partial charge in [-0.15, -0.1) is 0 Å². The van der Waals surface area contributed by atoms with E-state index in [1.54, 1.807) is 0 Å². The van der Waals surface area contributed by atoms with E-state index in [0.717, 1.165) is 6.07 Å². The van der Waals surface area contributed by atoms with Gasteiger partial charge in [0.05, 0.1) is 17.2 Å². The molecule has 0 atom stereocenters. The Morgan fingerprint density at radius 3 is 2.93 bits per heavy atom. The minimum atomic E-state index is -1.17. The van der Waals surface area contributed by atoms with E-state index in [9.17, 15) is 9.59 Å². The molecule has 2 rings (SSSR count). The lowest BCUT2D eigenvalue weighted by Crippen LogP contribution is -2.07. The first-order valence-electron chi connectivity index (χ1n) is 3.80. The van der Waals surface area contributed by atoms with Crippen molar-refractivity contribution in [3.05, 3.63) is 40.4 Å². The van der Waals surface area contributed by atoms with Crippen LogP contribution in [0, 0.1) is 0 Å². The number of carboxylic acids is 1. The summed E-state index contributed by atoms with van der Waals surface area (Å²) in [5.41, 5.74) is -0.460. The molecule has 0 aliphatic heterocycles. The summed E-state index contributed by atoms with van der Waals surface area (Å²) in [7, 11) is 0. The van der Waals surface area contributed by atoms with Gasteiger partial charge >= 0.3 is 5.97 Å². The summed E-state index contributed by atoms with van der Waals surface area (Å²) in [6, 6.07) is 2.43. The first-order chi connectivity index (χ1) is 6.70. The fourth-order valence-corrected chi connectivity index (χ4v) is 1.19. The zero-order valence-corrected chi connectivity index (χ0v) is 6.93. The van der Waals surface area contributed by atoms with Crippen molar-refractivity contribution in [3.8, 4) is 0 Å². The topological polar surface area (TPSA) is 80.4 Å². The first kappa shape index (κ1) is 8.43. The number of aromatic nitrogens is 1. The van der Waals surface area contributed by atoms with Gasteiger partial charge in [0.15, 0.2) is 5.43 Å². The summed E-state index contributed by atoms with van der Waals surface area (Å²) >= 11 is 0. The molecule has 1 N–H and O–H groups in total. The van der Waals surface area contributed by atoms with Crippen LogP contribution in [-0.4, -0.2) is 16.1 Å². The van der Waals surface area contributed by atoms with Crippen LogP contribution in [0.25, 0.3) is 11.1 Å². The maximum atomic E-state index is 11.3. The van der Waals surface area contributed by atoms with Crippen LogP contribution in [0.3, 0.4) is 0 Å². The van der Waals surface area contributed by atoms with Crippen molar-refractivity contribution in [2.75, 3.05) is 0 Å². The number of carbonyl (C=O) groups is 1. The van der Waals surface area contributed by atoms with E-state index < -0.39 is 11.4 Å². The zero-order valence-electron chi connectivity index (χ0n) is 6.93. The maximum absolute atomic E-state index is 11.3. The van der Waals surface area contributed by atoms with Crippen LogP contribution >= 0.6 is 0 Å². The number of fused-ring (bicyclic) bond motifs is 1. The number of hydrogen-bond donors (Lipinski definition) is 1. The van der Waals surface area contributed by atoms with Gasteiger partial charge in [-0.25, -0.2) is 9.78 Å². The van der Waals surface area contributed by atoms with E-state index in [1.165, 1.54) is 18.5 Å². The van der Waals surface area contributed by atoms with Gasteiger partial charge in [0, 0.05) is 12.3 Å². The van der Waals surface area contributed by atoms with Gasteiger partial charge in [0.25, 0.3) is 0 Å². The van der Waals surface area contributed by atoms with Crippen LogP contribution < -0.4 is 5.43 Å². The van der Waals surface area contributed by atoms with Gasteiger partial charge in [0.2, 0.25) is 5.71 Å². The molecule has 0 fully saturated rings. The Hall–Kier alpha value is -2.17. The van der Waals surface area contributed by atoms with Crippen molar-refractivity contribution in [1.82, 2.24) is 4.98 Å². The second-order valence-electron chi connectivity index (χ2n) is 2.63. The highest BCUT2D eigenvalue weighted by Gasteiger charge is 2.12. The van der Waals surface area contributed by atoms with E-state index in [0.29, 0.717) is 0 Å². The largest absolute Gasteiger partial charge is 0.478 e. The molecule has 0 aromatic carbocycles. The highest BCUT2D eigenvalue weighted by molar-refractivity contribution is 6.00. The summed E-state index contributed by atoms with van der Waals surface area (Å²) in [4.78, 5) is 25.9. The molecular formula is C9H5NO4. The molecule has 70 valence electrons. The highest BCUT2D eigenvalue weighted by Crippen LogP contribution is 2.11. The number of carboxylic acid groups (broad SMARTS) is 1. The number of aromatic carboxylic acids is 1. The third kappa shape index (κ3) is 1.15. The molecule has 0 radical (unpaired) electrons. The third-order valence-corrected chi connectivity index (χ3v) is 1.79. The van der Waals surface area contributed by atoms with E-state index in [1.807, 2.05) is 0 Å². The summed E-state index contributed by atoms with van der Waals surface area (Å²) in [5.74, 6) is -1.17. The molecule has 5 nitrogen and oxygen atoms in total. The summed E-state index contributed by atoms with van der Waals surface area (Å²) in [5, 5.41) is 8.80. The van der Waals surface area contributed by atoms with Gasteiger partial charge in [-0.2, -0.15) is 0 Å². The second kappa shape index (κ2) is 2.95. The Morgan fingerprint density at radius 1 is 1.43 bits per heavy atom. The predicted octanol–water partition coefficient (Wildman–Crippen LogP) is 0.886. The first-order valence-corrected chi connectivity index (χ1v) is 3.80. The molecule has 0 amide bonds. The Balaban J connectivity index is 2.99. The van der Waals surface area contributed by atoms with Crippen molar-refractivity contribution in [2.24, 2.45) is 0 Å². The molecule has 2 aromatic heterocycles. The molecule has 14 heavy (non-hydrogen) atoms. The van der Waals surface area contributed by atoms with Crippen molar-refractivity contribution < 1.29 is 14.3 Å². The molecule has 2 heterocycles. The molecule has 5 heteroatoms. The fraction of sp³-hybridized carbons (Fsp3) is 0. The van der Waals surface area contributed by atoms with Crippen LogP contribution in [0.2, 0.25) is 0 Å². The molecule has 0 aliphatic rings. The fourth-order valence-electron chi connectivity index (χ4n) is 1.19. The summed E-state index contributed by atoms with van der Waals surface area (Å²) in [6.45, 7) is 0. The maximum Gasteiger partial charge on any atom is 0.336 e. The quantitative estimate of drug-likeness (QED) is 0.723. The molecule has 0 saturated carbocycles. The lowest BCUT2D eigenvalue weighted by Gasteiger charge is -1.97. The van der Waals surface area contributed by atoms with Crippen LogP contribution in [0.15, 0.2) is 33.8 Å². The minimum Gasteiger partial charge on any atom is -0.478 e. The van der Waals surface area contributed by atoms with Gasteiger partial charge in [0.1, 0.15) is 0 Å². The molecule has 0 bridgehead atoms. The van der Waals surface area contributed by atoms with E-state index in [2.05, 4.69) is 4.98 Å². The van der Waals surface area contributed by atoms with Crippen molar-refractivity contribution in [1.29, 1.82) is 0 Å². The van der Waals surface area contributed by atoms with E-state index >= 15 is 0 Å². The van der Waals surface area contributed by atoms with Crippen molar-refractivity contribution in [3.63, 3.8) is 0 Å².